The van der Waals surface area contributed by atoms with Crippen LogP contribution in [0, 0.1) is 11.8 Å². The lowest BCUT2D eigenvalue weighted by atomic mass is 9.91. The number of hydrogen-bond acceptors (Lipinski definition) is 6. The lowest BCUT2D eigenvalue weighted by molar-refractivity contribution is -0.143. The predicted molar refractivity (Wildman–Crippen MR) is 105 cm³/mol. The molecule has 2 unspecified atom stereocenters. The molecule has 2 aliphatic rings. The van der Waals surface area contributed by atoms with Crippen molar-refractivity contribution in [1.29, 1.82) is 0 Å². The molecule has 9 heteroatoms. The van der Waals surface area contributed by atoms with Gasteiger partial charge in [0.2, 0.25) is 17.7 Å². The van der Waals surface area contributed by atoms with E-state index in [0.717, 1.165) is 12.8 Å². The molecule has 0 aromatic carbocycles. The number of amides is 3. The molecule has 1 aromatic heterocycles. The van der Waals surface area contributed by atoms with Crippen LogP contribution in [0.4, 0.5) is 5.82 Å². The fraction of sp³-hybridized carbons (Fsp3) is 0.650. The van der Waals surface area contributed by atoms with Gasteiger partial charge in [-0.15, -0.1) is 0 Å². The smallest absolute Gasteiger partial charge is 0.248 e. The van der Waals surface area contributed by atoms with Crippen molar-refractivity contribution in [2.75, 3.05) is 11.9 Å². The zero-order chi connectivity index (χ0) is 20.6. The second kappa shape index (κ2) is 10.3. The molecule has 3 N–H and O–H groups in total. The van der Waals surface area contributed by atoms with E-state index >= 15 is 0 Å². The Hall–Kier alpha value is -2.55. The summed E-state index contributed by atoms with van der Waals surface area (Å²) >= 11 is 0. The second-order valence-corrected chi connectivity index (χ2v) is 7.93. The van der Waals surface area contributed by atoms with E-state index in [1.54, 1.807) is 10.4 Å². The number of carbonyl (C=O) groups excluding carboxylic acids is 3. The van der Waals surface area contributed by atoms with E-state index in [9.17, 15) is 14.4 Å². The molecule has 2 atom stereocenters. The molecule has 3 amide bonds. The number of hydrogen-bond donors (Lipinski definition) is 3. The van der Waals surface area contributed by atoms with Gasteiger partial charge >= 0.3 is 0 Å². The maximum absolute atomic E-state index is 13.2. The summed E-state index contributed by atoms with van der Waals surface area (Å²) in [5.74, 6) is -0.658. The van der Waals surface area contributed by atoms with E-state index < -0.39 is 17.9 Å². The third kappa shape index (κ3) is 5.72. The topological polar surface area (TPSA) is 125 Å². The molecular formula is C20H29N5O4. The zero-order valence-electron chi connectivity index (χ0n) is 16.5. The van der Waals surface area contributed by atoms with Crippen molar-refractivity contribution in [1.82, 2.24) is 20.3 Å². The average molecular weight is 403 g/mol. The van der Waals surface area contributed by atoms with Gasteiger partial charge in [0.1, 0.15) is 6.04 Å². The molecule has 0 bridgehead atoms. The van der Waals surface area contributed by atoms with Crippen molar-refractivity contribution >= 4 is 23.5 Å². The highest BCUT2D eigenvalue weighted by molar-refractivity contribution is 5.97. The first-order chi connectivity index (χ1) is 14.1. The van der Waals surface area contributed by atoms with Crippen molar-refractivity contribution in [2.24, 2.45) is 11.8 Å². The third-order valence-electron chi connectivity index (χ3n) is 5.96. The Balaban J connectivity index is 1.65. The highest BCUT2D eigenvalue weighted by Crippen LogP contribution is 2.32. The highest BCUT2D eigenvalue weighted by atomic mass is 16.5. The van der Waals surface area contributed by atoms with E-state index in [1.807, 2.05) is 0 Å². The Morgan fingerprint density at radius 2 is 1.97 bits per heavy atom. The number of nitrogens with zero attached hydrogens (tertiary/aromatic N) is 3. The maximum Gasteiger partial charge on any atom is 0.248 e. The average Bonchev–Trinajstić information content (AvgIpc) is 3.43. The summed E-state index contributed by atoms with van der Waals surface area (Å²) in [4.78, 5) is 47.2. The Kier molecular flexibility index (Phi) is 7.51. The van der Waals surface area contributed by atoms with Crippen LogP contribution in [-0.2, 0) is 14.4 Å². The molecule has 3 rings (SSSR count). The minimum atomic E-state index is -0.587. The zero-order valence-corrected chi connectivity index (χ0v) is 16.5. The summed E-state index contributed by atoms with van der Waals surface area (Å²) in [5, 5.41) is 11.6. The van der Waals surface area contributed by atoms with Gasteiger partial charge in [-0.2, -0.15) is 0 Å². The van der Waals surface area contributed by atoms with Crippen LogP contribution >= 0.6 is 0 Å². The maximum atomic E-state index is 13.2. The van der Waals surface area contributed by atoms with Gasteiger partial charge in [-0.25, -0.2) is 10.5 Å². The summed E-state index contributed by atoms with van der Waals surface area (Å²) < 4.78 is 0. The number of aromatic nitrogens is 2. The summed E-state index contributed by atoms with van der Waals surface area (Å²) in [5.41, 5.74) is 1.63. The molecule has 1 aliphatic heterocycles. The van der Waals surface area contributed by atoms with Crippen LogP contribution in [0.1, 0.15) is 57.8 Å². The third-order valence-corrected chi connectivity index (χ3v) is 5.96. The van der Waals surface area contributed by atoms with E-state index in [1.165, 1.54) is 44.3 Å². The summed E-state index contributed by atoms with van der Waals surface area (Å²) in [6, 6.07) is -0.587. The molecule has 1 aromatic rings. The number of likely N-dealkylation sites (tertiary alicyclic amines) is 1. The van der Waals surface area contributed by atoms with Crippen molar-refractivity contribution in [2.45, 2.75) is 63.8 Å². The minimum absolute atomic E-state index is 0.0724. The van der Waals surface area contributed by atoms with Crippen LogP contribution in [-0.4, -0.2) is 50.4 Å². The predicted octanol–water partition coefficient (Wildman–Crippen LogP) is 1.89. The largest absolute Gasteiger partial charge is 0.330 e. The van der Waals surface area contributed by atoms with Crippen LogP contribution in [0.2, 0.25) is 0 Å². The SMILES string of the molecule is O=C(CC(CCC1CCCC1)C(=O)N1CCCC1C(=O)Nc1cnccn1)NO. The van der Waals surface area contributed by atoms with Crippen LogP contribution in [0.25, 0.3) is 0 Å². The second-order valence-electron chi connectivity index (χ2n) is 7.93. The fourth-order valence-electron chi connectivity index (χ4n) is 4.43. The number of hydroxylamine groups is 1. The lowest BCUT2D eigenvalue weighted by Crippen LogP contribution is -2.46. The van der Waals surface area contributed by atoms with Crippen molar-refractivity contribution in [3.05, 3.63) is 18.6 Å². The van der Waals surface area contributed by atoms with E-state index in [4.69, 9.17) is 5.21 Å². The van der Waals surface area contributed by atoms with Gasteiger partial charge in [-0.1, -0.05) is 25.7 Å². The lowest BCUT2D eigenvalue weighted by Gasteiger charge is -2.28. The van der Waals surface area contributed by atoms with Gasteiger partial charge in [0.25, 0.3) is 0 Å². The molecule has 0 radical (unpaired) electrons. The number of anilines is 1. The molecule has 29 heavy (non-hydrogen) atoms. The Bertz CT molecular complexity index is 708. The number of rotatable bonds is 8. The van der Waals surface area contributed by atoms with Gasteiger partial charge in [-0.05, 0) is 31.6 Å². The van der Waals surface area contributed by atoms with Crippen LogP contribution in [0.3, 0.4) is 0 Å². The normalized spacial score (nSPS) is 20.4. The molecule has 0 spiro atoms. The molecule has 1 saturated heterocycles. The molecule has 1 saturated carbocycles. The molecule has 158 valence electrons. The molecule has 2 fully saturated rings. The number of nitrogens with one attached hydrogen (secondary N) is 2. The Morgan fingerprint density at radius 1 is 1.17 bits per heavy atom. The molecule has 1 aliphatic carbocycles. The quantitative estimate of drug-likeness (QED) is 0.450. The van der Waals surface area contributed by atoms with Gasteiger partial charge in [-0.3, -0.25) is 24.6 Å². The molecule has 9 nitrogen and oxygen atoms in total. The van der Waals surface area contributed by atoms with E-state index in [-0.39, 0.29) is 18.2 Å². The van der Waals surface area contributed by atoms with Gasteiger partial charge < -0.3 is 10.2 Å². The number of carbonyl (C=O) groups is 3. The van der Waals surface area contributed by atoms with Crippen molar-refractivity contribution < 1.29 is 19.6 Å². The van der Waals surface area contributed by atoms with Crippen molar-refractivity contribution in [3.63, 3.8) is 0 Å². The van der Waals surface area contributed by atoms with Gasteiger partial charge in [0.05, 0.1) is 6.20 Å². The fourth-order valence-corrected chi connectivity index (χ4v) is 4.43. The highest BCUT2D eigenvalue weighted by Gasteiger charge is 2.38. The first-order valence-electron chi connectivity index (χ1n) is 10.4. The first-order valence-corrected chi connectivity index (χ1v) is 10.4. The Labute approximate surface area is 170 Å². The summed E-state index contributed by atoms with van der Waals surface area (Å²) in [6.45, 7) is 0.484. The first kappa shape index (κ1) is 21.2. The van der Waals surface area contributed by atoms with Crippen LogP contribution in [0.5, 0.6) is 0 Å². The Morgan fingerprint density at radius 3 is 2.66 bits per heavy atom. The standard InChI is InChI=1S/C20H29N5O4/c26-18(24-29)12-15(8-7-14-4-1-2-5-14)20(28)25-11-3-6-16(25)19(27)23-17-13-21-9-10-22-17/h9-10,13-16,29H,1-8,11-12H2,(H,24,26)(H,22,23,27). The van der Waals surface area contributed by atoms with Crippen LogP contribution in [0.15, 0.2) is 18.6 Å². The molecular weight excluding hydrogens is 374 g/mol. The van der Waals surface area contributed by atoms with E-state index in [2.05, 4.69) is 15.3 Å². The molecule has 2 heterocycles. The van der Waals surface area contributed by atoms with Gasteiger partial charge in [0.15, 0.2) is 5.82 Å². The summed E-state index contributed by atoms with van der Waals surface area (Å²) in [7, 11) is 0. The van der Waals surface area contributed by atoms with Gasteiger partial charge in [0, 0.05) is 31.3 Å². The van der Waals surface area contributed by atoms with E-state index in [0.29, 0.717) is 31.1 Å². The van der Waals surface area contributed by atoms with Crippen molar-refractivity contribution in [3.8, 4) is 0 Å². The monoisotopic (exact) mass is 403 g/mol. The van der Waals surface area contributed by atoms with Crippen LogP contribution < -0.4 is 10.8 Å². The summed E-state index contributed by atoms with van der Waals surface area (Å²) in [6.07, 6.45) is 11.9. The minimum Gasteiger partial charge on any atom is -0.330 e.